The van der Waals surface area contributed by atoms with Gasteiger partial charge in [0, 0.05) is 31.4 Å². The molecule has 28 heavy (non-hydrogen) atoms. The van der Waals surface area contributed by atoms with Crippen LogP contribution in [0.25, 0.3) is 22.3 Å². The zero-order valence-electron chi connectivity index (χ0n) is 15.9. The normalized spacial score (nSPS) is 13.9. The second-order valence-electron chi connectivity index (χ2n) is 7.46. The maximum Gasteiger partial charge on any atom is 0.227 e. The van der Waals surface area contributed by atoms with E-state index in [-0.39, 0.29) is 0 Å². The molecule has 0 atom stereocenters. The molecule has 0 aliphatic heterocycles. The molecule has 3 aromatic heterocycles. The molecule has 8 heteroatoms. The van der Waals surface area contributed by atoms with Crippen molar-refractivity contribution in [1.29, 1.82) is 0 Å². The number of aromatic amines is 2. The van der Waals surface area contributed by atoms with E-state index in [1.807, 2.05) is 18.0 Å². The van der Waals surface area contributed by atoms with E-state index < -0.39 is 0 Å². The van der Waals surface area contributed by atoms with Crippen molar-refractivity contribution in [3.8, 4) is 11.3 Å². The summed E-state index contributed by atoms with van der Waals surface area (Å²) in [5, 5.41) is 7.48. The molecule has 0 spiro atoms. The molecule has 4 N–H and O–H groups in total. The Labute approximate surface area is 162 Å². The van der Waals surface area contributed by atoms with E-state index in [0.717, 1.165) is 27.9 Å². The van der Waals surface area contributed by atoms with Gasteiger partial charge in [-0.3, -0.25) is 5.10 Å². The van der Waals surface area contributed by atoms with E-state index in [0.29, 0.717) is 24.2 Å². The quantitative estimate of drug-likeness (QED) is 0.495. The van der Waals surface area contributed by atoms with Crippen molar-refractivity contribution in [2.45, 2.75) is 32.2 Å². The molecule has 0 radical (unpaired) electrons. The number of imidazole rings is 1. The third-order valence-corrected chi connectivity index (χ3v) is 5.40. The SMILES string of the molecule is Cc1c(CN(C)c2ncc(-c3cc(C4CC4)[nH]n3)c(N)n2)ccc2[nH]cnc12. The molecule has 4 aromatic rings. The summed E-state index contributed by atoms with van der Waals surface area (Å²) in [6, 6.07) is 6.21. The monoisotopic (exact) mass is 374 g/mol. The van der Waals surface area contributed by atoms with Crippen LogP contribution in [0.3, 0.4) is 0 Å². The predicted molar refractivity (Wildman–Crippen MR) is 109 cm³/mol. The van der Waals surface area contributed by atoms with E-state index in [4.69, 9.17) is 5.73 Å². The van der Waals surface area contributed by atoms with Gasteiger partial charge >= 0.3 is 0 Å². The summed E-state index contributed by atoms with van der Waals surface area (Å²) in [6.07, 6.45) is 5.92. The Morgan fingerprint density at radius 2 is 2.11 bits per heavy atom. The molecule has 1 fully saturated rings. The number of hydrogen-bond donors (Lipinski definition) is 3. The van der Waals surface area contributed by atoms with Gasteiger partial charge in [0.05, 0.1) is 28.6 Å². The molecule has 0 bridgehead atoms. The largest absolute Gasteiger partial charge is 0.383 e. The fraction of sp³-hybridized carbons (Fsp3) is 0.300. The summed E-state index contributed by atoms with van der Waals surface area (Å²) in [6.45, 7) is 2.75. The molecule has 0 unspecified atom stereocenters. The van der Waals surface area contributed by atoms with Crippen LogP contribution in [-0.2, 0) is 6.54 Å². The molecule has 0 amide bonds. The van der Waals surface area contributed by atoms with Gasteiger partial charge in [-0.05, 0) is 43.0 Å². The molecular formula is C20H22N8. The van der Waals surface area contributed by atoms with Crippen LogP contribution in [-0.4, -0.2) is 37.2 Å². The van der Waals surface area contributed by atoms with E-state index in [1.165, 1.54) is 24.1 Å². The summed E-state index contributed by atoms with van der Waals surface area (Å²) >= 11 is 0. The number of H-pyrrole nitrogens is 2. The fourth-order valence-corrected chi connectivity index (χ4v) is 3.53. The first-order chi connectivity index (χ1) is 13.6. The van der Waals surface area contributed by atoms with Gasteiger partial charge in [0.1, 0.15) is 5.82 Å². The molecule has 8 nitrogen and oxygen atoms in total. The zero-order valence-corrected chi connectivity index (χ0v) is 15.9. The van der Waals surface area contributed by atoms with Crippen molar-refractivity contribution in [3.63, 3.8) is 0 Å². The van der Waals surface area contributed by atoms with Crippen LogP contribution in [0, 0.1) is 6.92 Å². The van der Waals surface area contributed by atoms with Crippen LogP contribution < -0.4 is 10.6 Å². The van der Waals surface area contributed by atoms with Crippen LogP contribution in [0.15, 0.2) is 30.7 Å². The van der Waals surface area contributed by atoms with Crippen molar-refractivity contribution in [3.05, 3.63) is 47.5 Å². The van der Waals surface area contributed by atoms with Crippen molar-refractivity contribution in [1.82, 2.24) is 30.1 Å². The van der Waals surface area contributed by atoms with Gasteiger partial charge in [-0.15, -0.1) is 0 Å². The van der Waals surface area contributed by atoms with Gasteiger partial charge in [0.15, 0.2) is 0 Å². The highest BCUT2D eigenvalue weighted by Gasteiger charge is 2.26. The number of aryl methyl sites for hydroxylation is 1. The van der Waals surface area contributed by atoms with Gasteiger partial charge in [-0.1, -0.05) is 6.07 Å². The molecule has 0 saturated heterocycles. The topological polar surface area (TPSA) is 112 Å². The Hall–Kier alpha value is -3.42. The van der Waals surface area contributed by atoms with Gasteiger partial charge in [0.2, 0.25) is 5.95 Å². The van der Waals surface area contributed by atoms with Crippen LogP contribution in [0.4, 0.5) is 11.8 Å². The molecule has 1 aromatic carbocycles. The Kier molecular flexibility index (Phi) is 3.78. The summed E-state index contributed by atoms with van der Waals surface area (Å²) in [7, 11) is 1.96. The molecule has 1 saturated carbocycles. The average molecular weight is 374 g/mol. The number of benzene rings is 1. The number of nitrogens with zero attached hydrogens (tertiary/aromatic N) is 5. The highest BCUT2D eigenvalue weighted by atomic mass is 15.2. The Balaban J connectivity index is 1.39. The van der Waals surface area contributed by atoms with E-state index in [1.54, 1.807) is 12.5 Å². The third-order valence-electron chi connectivity index (χ3n) is 5.40. The zero-order chi connectivity index (χ0) is 19.3. The second kappa shape index (κ2) is 6.33. The minimum Gasteiger partial charge on any atom is -0.383 e. The lowest BCUT2D eigenvalue weighted by Gasteiger charge is -2.19. The summed E-state index contributed by atoms with van der Waals surface area (Å²) < 4.78 is 0. The van der Waals surface area contributed by atoms with Crippen molar-refractivity contribution in [2.75, 3.05) is 17.7 Å². The maximum atomic E-state index is 6.23. The van der Waals surface area contributed by atoms with Crippen LogP contribution >= 0.6 is 0 Å². The van der Waals surface area contributed by atoms with Gasteiger partial charge in [-0.25, -0.2) is 9.97 Å². The predicted octanol–water partition coefficient (Wildman–Crippen LogP) is 3.15. The number of nitrogens with one attached hydrogen (secondary N) is 2. The lowest BCUT2D eigenvalue weighted by Crippen LogP contribution is -2.20. The lowest BCUT2D eigenvalue weighted by atomic mass is 10.1. The number of nitrogen functional groups attached to an aromatic ring is 1. The number of hydrogen-bond acceptors (Lipinski definition) is 6. The average Bonchev–Trinajstić information content (AvgIpc) is 3.23. The standard InChI is InChI=1S/C20H22N8/c1-11-13(5-6-15-18(11)24-10-23-15)9-28(2)20-22-8-14(19(21)25-20)17-7-16(26-27-17)12-3-4-12/h5-8,10,12H,3-4,9H2,1-2H3,(H,23,24)(H,26,27)(H2,21,22,25). The maximum absolute atomic E-state index is 6.23. The number of aromatic nitrogens is 6. The summed E-state index contributed by atoms with van der Waals surface area (Å²) in [4.78, 5) is 18.6. The minimum absolute atomic E-state index is 0.435. The number of fused-ring (bicyclic) bond motifs is 1. The Morgan fingerprint density at radius 1 is 1.25 bits per heavy atom. The highest BCUT2D eigenvalue weighted by Crippen LogP contribution is 2.40. The third kappa shape index (κ3) is 2.87. The first kappa shape index (κ1) is 16.7. The molecule has 1 aliphatic carbocycles. The first-order valence-corrected chi connectivity index (χ1v) is 9.41. The van der Waals surface area contributed by atoms with E-state index in [9.17, 15) is 0 Å². The van der Waals surface area contributed by atoms with Gasteiger partial charge in [0.25, 0.3) is 0 Å². The Morgan fingerprint density at radius 3 is 2.89 bits per heavy atom. The van der Waals surface area contributed by atoms with E-state index in [2.05, 4.69) is 49.2 Å². The lowest BCUT2D eigenvalue weighted by molar-refractivity contribution is 0.864. The highest BCUT2D eigenvalue weighted by molar-refractivity contribution is 5.79. The van der Waals surface area contributed by atoms with Crippen LogP contribution in [0.1, 0.15) is 35.6 Å². The fourth-order valence-electron chi connectivity index (χ4n) is 3.53. The van der Waals surface area contributed by atoms with Crippen molar-refractivity contribution >= 4 is 22.8 Å². The summed E-state index contributed by atoms with van der Waals surface area (Å²) in [5.74, 6) is 1.63. The van der Waals surface area contributed by atoms with Crippen LogP contribution in [0.5, 0.6) is 0 Å². The molecule has 5 rings (SSSR count). The number of rotatable bonds is 5. The first-order valence-electron chi connectivity index (χ1n) is 9.41. The molecule has 3 heterocycles. The van der Waals surface area contributed by atoms with E-state index >= 15 is 0 Å². The van der Waals surface area contributed by atoms with Gasteiger partial charge < -0.3 is 15.6 Å². The van der Waals surface area contributed by atoms with Crippen molar-refractivity contribution in [2.24, 2.45) is 0 Å². The van der Waals surface area contributed by atoms with Crippen LogP contribution in [0.2, 0.25) is 0 Å². The van der Waals surface area contributed by atoms with Gasteiger partial charge in [-0.2, -0.15) is 10.1 Å². The number of nitrogens with two attached hydrogens (primary N) is 1. The van der Waals surface area contributed by atoms with Crippen molar-refractivity contribution < 1.29 is 0 Å². The molecule has 142 valence electrons. The minimum atomic E-state index is 0.435. The smallest absolute Gasteiger partial charge is 0.227 e. The molecule has 1 aliphatic rings. The number of anilines is 2. The Bertz CT molecular complexity index is 1150. The summed E-state index contributed by atoms with van der Waals surface area (Å²) in [5.41, 5.74) is 13.3. The molecular weight excluding hydrogens is 352 g/mol. The second-order valence-corrected chi connectivity index (χ2v) is 7.46.